The van der Waals surface area contributed by atoms with Crippen LogP contribution in [0.2, 0.25) is 0 Å². The monoisotopic (exact) mass is 607 g/mol. The first-order valence-electron chi connectivity index (χ1n) is 11.8. The number of carbonyl (C=O) groups is 2. The summed E-state index contributed by atoms with van der Waals surface area (Å²) in [6.45, 7) is 4.96. The minimum Gasteiger partial charge on any atom is -0.466 e. The minimum absolute atomic E-state index is 0.203. The number of carbonyl (C=O) groups excluding carboxylic acids is 2. The lowest BCUT2D eigenvalue weighted by atomic mass is 9.96. The van der Waals surface area contributed by atoms with Crippen molar-refractivity contribution in [3.05, 3.63) is 96.7 Å². The maximum Gasteiger partial charge on any atom is 0.338 e. The molecule has 2 atom stereocenters. The smallest absolute Gasteiger partial charge is 0.338 e. The van der Waals surface area contributed by atoms with E-state index in [-0.39, 0.29) is 12.2 Å². The summed E-state index contributed by atoms with van der Waals surface area (Å²) in [6, 6.07) is 15.3. The van der Waals surface area contributed by atoms with Crippen molar-refractivity contribution in [2.45, 2.75) is 36.8 Å². The molecule has 0 radical (unpaired) electrons. The molecule has 2 unspecified atom stereocenters. The predicted octanol–water partition coefficient (Wildman–Crippen LogP) is 4.01. The highest BCUT2D eigenvalue weighted by Crippen LogP contribution is 2.32. The van der Waals surface area contributed by atoms with Gasteiger partial charge in [-0.1, -0.05) is 88.6 Å². The predicted molar refractivity (Wildman–Crippen MR) is 152 cm³/mol. The molecular formula is C27H24Cl3N3O5S. The molecule has 1 aromatic heterocycles. The molecule has 0 spiro atoms. The van der Waals surface area contributed by atoms with Gasteiger partial charge in [0.05, 0.1) is 28.5 Å². The Labute approximate surface area is 243 Å². The summed E-state index contributed by atoms with van der Waals surface area (Å²) in [5.41, 5.74) is 2.01. The lowest BCUT2D eigenvalue weighted by Gasteiger charge is -2.25. The quantitative estimate of drug-likeness (QED) is 0.248. The van der Waals surface area contributed by atoms with Gasteiger partial charge in [0, 0.05) is 6.92 Å². The number of benzene rings is 2. The van der Waals surface area contributed by atoms with Crippen LogP contribution in [0, 0.1) is 0 Å². The molecule has 204 valence electrons. The summed E-state index contributed by atoms with van der Waals surface area (Å²) in [7, 11) is 0. The number of nitrogens with zero attached hydrogens (tertiary/aromatic N) is 2. The number of aromatic nitrogens is 1. The molecule has 3 aromatic rings. The number of ether oxygens (including phenoxy) is 2. The highest BCUT2D eigenvalue weighted by molar-refractivity contribution is 7.07. The number of rotatable bonds is 7. The summed E-state index contributed by atoms with van der Waals surface area (Å²) >= 11 is 19.0. The molecular weight excluding hydrogens is 585 g/mol. The van der Waals surface area contributed by atoms with Crippen molar-refractivity contribution in [3.63, 3.8) is 0 Å². The molecule has 1 aliphatic heterocycles. The SMILES string of the molecule is CCOC(=O)C1=C(C)N=c2s/c(=C/c3ccc(OC(NC(C)=O)C(Cl)(Cl)Cl)cc3)c(=O)n2C1c1ccccc1. The van der Waals surface area contributed by atoms with E-state index in [0.717, 1.165) is 5.56 Å². The number of alkyl halides is 3. The average Bonchev–Trinajstić information content (AvgIpc) is 3.18. The Kier molecular flexibility index (Phi) is 8.86. The lowest BCUT2D eigenvalue weighted by Crippen LogP contribution is -2.47. The number of allylic oxidation sites excluding steroid dienone is 1. The third kappa shape index (κ3) is 6.55. The van der Waals surface area contributed by atoms with E-state index in [1.54, 1.807) is 44.2 Å². The molecule has 0 saturated carbocycles. The number of fused-ring (bicyclic) bond motifs is 1. The van der Waals surface area contributed by atoms with Crippen LogP contribution in [0.25, 0.3) is 6.08 Å². The van der Waals surface area contributed by atoms with Crippen molar-refractivity contribution < 1.29 is 19.1 Å². The van der Waals surface area contributed by atoms with Gasteiger partial charge in [-0.2, -0.15) is 0 Å². The van der Waals surface area contributed by atoms with Gasteiger partial charge in [0.15, 0.2) is 4.80 Å². The fourth-order valence-electron chi connectivity index (χ4n) is 4.04. The number of hydrogen-bond acceptors (Lipinski definition) is 7. The van der Waals surface area contributed by atoms with E-state index in [1.807, 2.05) is 30.3 Å². The highest BCUT2D eigenvalue weighted by Gasteiger charge is 2.36. The van der Waals surface area contributed by atoms with Crippen LogP contribution in [0.4, 0.5) is 0 Å². The lowest BCUT2D eigenvalue weighted by molar-refractivity contribution is -0.139. The largest absolute Gasteiger partial charge is 0.466 e. The Balaban J connectivity index is 1.72. The maximum atomic E-state index is 13.7. The molecule has 4 rings (SSSR count). The van der Waals surface area contributed by atoms with Gasteiger partial charge in [-0.25, -0.2) is 9.79 Å². The van der Waals surface area contributed by atoms with E-state index < -0.39 is 27.9 Å². The fourth-order valence-corrected chi connectivity index (χ4v) is 5.38. The third-order valence-electron chi connectivity index (χ3n) is 5.70. The second-order valence-electron chi connectivity index (χ2n) is 8.52. The van der Waals surface area contributed by atoms with Crippen LogP contribution >= 0.6 is 46.1 Å². The van der Waals surface area contributed by atoms with Gasteiger partial charge < -0.3 is 14.8 Å². The molecule has 8 nitrogen and oxygen atoms in total. The van der Waals surface area contributed by atoms with Crippen LogP contribution in [0.5, 0.6) is 5.75 Å². The van der Waals surface area contributed by atoms with Crippen LogP contribution in [0.1, 0.15) is 37.9 Å². The number of nitrogens with one attached hydrogen (secondary N) is 1. The van der Waals surface area contributed by atoms with E-state index >= 15 is 0 Å². The zero-order valence-corrected chi connectivity index (χ0v) is 24.2. The number of amides is 1. The average molecular weight is 609 g/mol. The Morgan fingerprint density at radius 3 is 2.41 bits per heavy atom. The van der Waals surface area contributed by atoms with Crippen molar-refractivity contribution in [2.75, 3.05) is 6.61 Å². The molecule has 0 saturated heterocycles. The number of halogens is 3. The van der Waals surface area contributed by atoms with Gasteiger partial charge in [-0.05, 0) is 43.2 Å². The molecule has 1 aliphatic rings. The molecule has 0 fully saturated rings. The van der Waals surface area contributed by atoms with Crippen molar-refractivity contribution in [2.24, 2.45) is 4.99 Å². The van der Waals surface area contributed by atoms with Crippen molar-refractivity contribution in [3.8, 4) is 5.75 Å². The standard InChI is InChI=1S/C27H24Cl3N3O5S/c1-4-37-24(36)21-15(2)31-26-33(22(21)18-8-6-5-7-9-18)23(35)20(39-26)14-17-10-12-19(13-11-17)38-25(27(28,29)30)32-16(3)34/h5-14,22,25H,4H2,1-3H3,(H,32,34)/b20-14+. The Morgan fingerprint density at radius 2 is 1.82 bits per heavy atom. The molecule has 2 aromatic carbocycles. The van der Waals surface area contributed by atoms with Crippen molar-refractivity contribution in [1.29, 1.82) is 0 Å². The van der Waals surface area contributed by atoms with Crippen LogP contribution in [0.15, 0.2) is 75.7 Å². The normalized spacial score (nSPS) is 16.3. The first-order valence-corrected chi connectivity index (χ1v) is 13.8. The van der Waals surface area contributed by atoms with E-state index in [1.165, 1.54) is 22.8 Å². The van der Waals surface area contributed by atoms with E-state index in [4.69, 9.17) is 44.3 Å². The Hall–Kier alpha value is -3.11. The minimum atomic E-state index is -1.89. The van der Waals surface area contributed by atoms with Gasteiger partial charge >= 0.3 is 5.97 Å². The summed E-state index contributed by atoms with van der Waals surface area (Å²) in [4.78, 5) is 43.1. The molecule has 39 heavy (non-hydrogen) atoms. The molecule has 12 heteroatoms. The van der Waals surface area contributed by atoms with Gasteiger partial charge in [-0.3, -0.25) is 14.2 Å². The summed E-state index contributed by atoms with van der Waals surface area (Å²) in [6.07, 6.45) is 0.517. The second-order valence-corrected chi connectivity index (χ2v) is 11.9. The maximum absolute atomic E-state index is 13.7. The van der Waals surface area contributed by atoms with Crippen molar-refractivity contribution >= 4 is 64.1 Å². The van der Waals surface area contributed by atoms with Gasteiger partial charge in [0.25, 0.3) is 5.56 Å². The Bertz CT molecular complexity index is 1590. The van der Waals surface area contributed by atoms with Crippen LogP contribution < -0.4 is 24.9 Å². The van der Waals surface area contributed by atoms with Gasteiger partial charge in [0.2, 0.25) is 15.9 Å². The molecule has 2 heterocycles. The number of thiazole rings is 1. The first kappa shape index (κ1) is 28.9. The van der Waals surface area contributed by atoms with E-state index in [9.17, 15) is 14.4 Å². The molecule has 1 N–H and O–H groups in total. The van der Waals surface area contributed by atoms with Crippen molar-refractivity contribution in [1.82, 2.24) is 9.88 Å². The summed E-state index contributed by atoms with van der Waals surface area (Å²) in [5, 5.41) is 2.44. The molecule has 0 aliphatic carbocycles. The topological polar surface area (TPSA) is 99.0 Å². The Morgan fingerprint density at radius 1 is 1.15 bits per heavy atom. The summed E-state index contributed by atoms with van der Waals surface area (Å²) in [5.74, 6) is -0.587. The fraction of sp³-hybridized carbons (Fsp3) is 0.259. The van der Waals surface area contributed by atoms with Crippen LogP contribution in [0.3, 0.4) is 0 Å². The van der Waals surface area contributed by atoms with Crippen LogP contribution in [-0.2, 0) is 14.3 Å². The van der Waals surface area contributed by atoms with E-state index in [2.05, 4.69) is 10.3 Å². The van der Waals surface area contributed by atoms with Gasteiger partial charge in [0.1, 0.15) is 5.75 Å². The molecule has 1 amide bonds. The number of hydrogen-bond donors (Lipinski definition) is 1. The van der Waals surface area contributed by atoms with Gasteiger partial charge in [-0.15, -0.1) is 0 Å². The molecule has 0 bridgehead atoms. The highest BCUT2D eigenvalue weighted by atomic mass is 35.6. The third-order valence-corrected chi connectivity index (χ3v) is 7.27. The van der Waals surface area contributed by atoms with Crippen LogP contribution in [-0.4, -0.2) is 33.1 Å². The van der Waals surface area contributed by atoms with E-state index in [0.29, 0.717) is 31.9 Å². The summed E-state index contributed by atoms with van der Waals surface area (Å²) < 4.78 is 11.0. The first-order chi connectivity index (χ1) is 18.5. The zero-order valence-electron chi connectivity index (χ0n) is 21.1. The number of esters is 1. The second kappa shape index (κ2) is 12.0. The zero-order chi connectivity index (χ0) is 28.3.